The molecule has 4 rings (SSSR count). The van der Waals surface area contributed by atoms with Crippen molar-refractivity contribution >= 4 is 34.9 Å². The molecule has 3 aromatic heterocycles. The molecule has 4 heterocycles. The predicted octanol–water partition coefficient (Wildman–Crippen LogP) is 3.77. The van der Waals surface area contributed by atoms with Crippen LogP contribution in [0.2, 0.25) is 10.2 Å². The van der Waals surface area contributed by atoms with Crippen LogP contribution in [0, 0.1) is 5.92 Å². The molecule has 0 saturated carbocycles. The highest BCUT2D eigenvalue weighted by Gasteiger charge is 2.35. The van der Waals surface area contributed by atoms with Crippen LogP contribution < -0.4 is 4.90 Å². The summed E-state index contributed by atoms with van der Waals surface area (Å²) < 4.78 is 0. The first-order valence-corrected chi connectivity index (χ1v) is 8.95. The number of carbonyl (C=O) groups excluding carboxylic acids is 1. The number of halogens is 2. The Balaban J connectivity index is 1.53. The number of aromatic amines is 1. The van der Waals surface area contributed by atoms with Gasteiger partial charge in [-0.3, -0.25) is 19.8 Å². The number of H-pyrrole nitrogens is 1. The second-order valence-corrected chi connectivity index (χ2v) is 6.91. The number of anilines is 1. The van der Waals surface area contributed by atoms with E-state index in [2.05, 4.69) is 20.2 Å². The Morgan fingerprint density at radius 1 is 1.19 bits per heavy atom. The van der Waals surface area contributed by atoms with Gasteiger partial charge in [-0.2, -0.15) is 5.10 Å². The number of pyridine rings is 2. The Bertz CT molecular complexity index is 927. The Kier molecular flexibility index (Phi) is 4.61. The molecule has 1 saturated heterocycles. The zero-order valence-electron chi connectivity index (χ0n) is 13.7. The van der Waals surface area contributed by atoms with E-state index < -0.39 is 0 Å². The molecule has 1 aliphatic rings. The molecule has 6 nitrogen and oxygen atoms in total. The van der Waals surface area contributed by atoms with Crippen molar-refractivity contribution in [2.24, 2.45) is 5.92 Å². The number of aromatic nitrogens is 4. The van der Waals surface area contributed by atoms with E-state index in [-0.39, 0.29) is 11.8 Å². The molecule has 0 aromatic carbocycles. The fourth-order valence-electron chi connectivity index (χ4n) is 3.16. The molecule has 1 aliphatic heterocycles. The van der Waals surface area contributed by atoms with Gasteiger partial charge in [0, 0.05) is 36.6 Å². The van der Waals surface area contributed by atoms with Crippen LogP contribution in [-0.2, 0) is 11.2 Å². The number of rotatable bonds is 4. The third kappa shape index (κ3) is 3.18. The summed E-state index contributed by atoms with van der Waals surface area (Å²) >= 11 is 12.3. The van der Waals surface area contributed by atoms with Crippen molar-refractivity contribution in [2.75, 3.05) is 11.4 Å². The maximum Gasteiger partial charge on any atom is 0.231 e. The van der Waals surface area contributed by atoms with Crippen molar-refractivity contribution in [3.05, 3.63) is 58.6 Å². The first kappa shape index (κ1) is 17.0. The van der Waals surface area contributed by atoms with E-state index in [1.165, 1.54) is 0 Å². The van der Waals surface area contributed by atoms with Gasteiger partial charge in [0.25, 0.3) is 0 Å². The molecule has 1 unspecified atom stereocenters. The summed E-state index contributed by atoms with van der Waals surface area (Å²) in [7, 11) is 0. The first-order valence-electron chi connectivity index (χ1n) is 8.19. The molecule has 3 aromatic rings. The predicted molar refractivity (Wildman–Crippen MR) is 100 cm³/mol. The standard InChI is InChI=1S/C18H15Cl2N5O/c19-14-2-1-11(10-22-14)9-13-5-8-25(18(13)26)17-15(20)16(23-24-17)12-3-6-21-7-4-12/h1-4,6-7,10,13H,5,8-9H2,(H,23,24). The van der Waals surface area contributed by atoms with Crippen molar-refractivity contribution in [1.29, 1.82) is 0 Å². The molecule has 26 heavy (non-hydrogen) atoms. The van der Waals surface area contributed by atoms with E-state index >= 15 is 0 Å². The van der Waals surface area contributed by atoms with Gasteiger partial charge in [-0.25, -0.2) is 4.98 Å². The number of carbonyl (C=O) groups is 1. The highest BCUT2D eigenvalue weighted by molar-refractivity contribution is 6.36. The largest absolute Gasteiger partial charge is 0.294 e. The van der Waals surface area contributed by atoms with E-state index in [0.29, 0.717) is 34.7 Å². The molecular weight excluding hydrogens is 373 g/mol. The quantitative estimate of drug-likeness (QED) is 0.691. The molecule has 1 amide bonds. The lowest BCUT2D eigenvalue weighted by Gasteiger charge is -2.14. The van der Waals surface area contributed by atoms with E-state index in [4.69, 9.17) is 23.2 Å². The Morgan fingerprint density at radius 3 is 2.73 bits per heavy atom. The minimum absolute atomic E-state index is 0.0228. The highest BCUT2D eigenvalue weighted by atomic mass is 35.5. The molecule has 0 bridgehead atoms. The summed E-state index contributed by atoms with van der Waals surface area (Å²) in [5.74, 6) is 0.380. The Hall–Kier alpha value is -2.44. The molecule has 132 valence electrons. The lowest BCUT2D eigenvalue weighted by atomic mass is 9.99. The summed E-state index contributed by atoms with van der Waals surface area (Å²) in [6, 6.07) is 7.31. The summed E-state index contributed by atoms with van der Waals surface area (Å²) in [5.41, 5.74) is 2.54. The summed E-state index contributed by atoms with van der Waals surface area (Å²) in [5, 5.41) is 8.09. The van der Waals surface area contributed by atoms with Gasteiger partial charge in [0.1, 0.15) is 10.2 Å². The zero-order valence-corrected chi connectivity index (χ0v) is 15.2. The van der Waals surface area contributed by atoms with Gasteiger partial charge >= 0.3 is 0 Å². The van der Waals surface area contributed by atoms with Crippen LogP contribution in [0.1, 0.15) is 12.0 Å². The van der Waals surface area contributed by atoms with Gasteiger partial charge in [-0.05, 0) is 36.6 Å². The monoisotopic (exact) mass is 387 g/mol. The molecule has 0 spiro atoms. The zero-order chi connectivity index (χ0) is 18.1. The number of nitrogens with one attached hydrogen (secondary N) is 1. The van der Waals surface area contributed by atoms with Gasteiger partial charge in [-0.15, -0.1) is 0 Å². The molecule has 0 radical (unpaired) electrons. The average molecular weight is 388 g/mol. The van der Waals surface area contributed by atoms with Crippen LogP contribution in [0.4, 0.5) is 5.82 Å². The van der Waals surface area contributed by atoms with Crippen LogP contribution >= 0.6 is 23.2 Å². The molecular formula is C18H15Cl2N5O. The molecule has 1 atom stereocenters. The van der Waals surface area contributed by atoms with Crippen LogP contribution in [-0.4, -0.2) is 32.6 Å². The highest BCUT2D eigenvalue weighted by Crippen LogP contribution is 2.36. The molecule has 1 fully saturated rings. The Labute approximate surface area is 160 Å². The molecule has 8 heteroatoms. The van der Waals surface area contributed by atoms with E-state index in [9.17, 15) is 4.79 Å². The molecule has 0 aliphatic carbocycles. The van der Waals surface area contributed by atoms with Gasteiger partial charge in [0.15, 0.2) is 5.82 Å². The number of amides is 1. The number of hydrogen-bond donors (Lipinski definition) is 1. The lowest BCUT2D eigenvalue weighted by Crippen LogP contribution is -2.28. The van der Waals surface area contributed by atoms with E-state index in [0.717, 1.165) is 17.5 Å². The minimum Gasteiger partial charge on any atom is -0.294 e. The SMILES string of the molecule is O=C1C(Cc2ccc(Cl)nc2)CCN1c1n[nH]c(-c2ccncc2)c1Cl. The van der Waals surface area contributed by atoms with Crippen molar-refractivity contribution in [2.45, 2.75) is 12.8 Å². The van der Waals surface area contributed by atoms with Crippen LogP contribution in [0.5, 0.6) is 0 Å². The van der Waals surface area contributed by atoms with E-state index in [1.807, 2.05) is 18.2 Å². The first-order chi connectivity index (χ1) is 12.6. The third-order valence-corrected chi connectivity index (χ3v) is 5.08. The van der Waals surface area contributed by atoms with Gasteiger partial charge in [0.05, 0.1) is 5.69 Å². The van der Waals surface area contributed by atoms with Crippen LogP contribution in [0.15, 0.2) is 42.9 Å². The fourth-order valence-corrected chi connectivity index (χ4v) is 3.57. The average Bonchev–Trinajstić information content (AvgIpc) is 3.21. The van der Waals surface area contributed by atoms with Crippen LogP contribution in [0.25, 0.3) is 11.3 Å². The van der Waals surface area contributed by atoms with Crippen molar-refractivity contribution in [3.8, 4) is 11.3 Å². The summed E-state index contributed by atoms with van der Waals surface area (Å²) in [6.45, 7) is 0.588. The topological polar surface area (TPSA) is 74.8 Å². The van der Waals surface area contributed by atoms with Gasteiger partial charge in [-0.1, -0.05) is 29.3 Å². The van der Waals surface area contributed by atoms with Gasteiger partial charge < -0.3 is 0 Å². The normalized spacial score (nSPS) is 17.1. The summed E-state index contributed by atoms with van der Waals surface area (Å²) in [6.07, 6.45) is 6.45. The minimum atomic E-state index is -0.116. The van der Waals surface area contributed by atoms with Gasteiger partial charge in [0.2, 0.25) is 5.91 Å². The maximum atomic E-state index is 12.8. The second-order valence-electron chi connectivity index (χ2n) is 6.14. The molecule has 1 N–H and O–H groups in total. The van der Waals surface area contributed by atoms with Crippen molar-refractivity contribution in [1.82, 2.24) is 20.2 Å². The second kappa shape index (κ2) is 7.05. The number of nitrogens with zero attached hydrogens (tertiary/aromatic N) is 4. The maximum absolute atomic E-state index is 12.8. The van der Waals surface area contributed by atoms with E-state index in [1.54, 1.807) is 29.6 Å². The lowest BCUT2D eigenvalue weighted by molar-refractivity contribution is -0.120. The fraction of sp³-hybridized carbons (Fsp3) is 0.222. The third-order valence-electron chi connectivity index (χ3n) is 4.50. The van der Waals surface area contributed by atoms with Crippen molar-refractivity contribution in [3.63, 3.8) is 0 Å². The Morgan fingerprint density at radius 2 is 2.00 bits per heavy atom. The summed E-state index contributed by atoms with van der Waals surface area (Å²) in [4.78, 5) is 22.6. The van der Waals surface area contributed by atoms with Crippen molar-refractivity contribution < 1.29 is 4.79 Å². The number of hydrogen-bond acceptors (Lipinski definition) is 4. The van der Waals surface area contributed by atoms with Crippen LogP contribution in [0.3, 0.4) is 0 Å². The smallest absolute Gasteiger partial charge is 0.231 e.